The molecule has 162 valence electrons. The summed E-state index contributed by atoms with van der Waals surface area (Å²) in [5, 5.41) is 0.812. The molecule has 0 fully saturated rings. The number of pyridine rings is 1. The molecule has 0 amide bonds. The number of nitrogens with two attached hydrogens (primary N) is 1. The fourth-order valence-electron chi connectivity index (χ4n) is 3.95. The fraction of sp³-hybridized carbons (Fsp3) is 0.136. The Labute approximate surface area is 188 Å². The summed E-state index contributed by atoms with van der Waals surface area (Å²) in [4.78, 5) is 14.9. The number of aromatic nitrogens is 3. The van der Waals surface area contributed by atoms with Crippen LogP contribution >= 0.6 is 11.6 Å². The second-order valence-corrected chi connectivity index (χ2v) is 10.00. The highest BCUT2D eigenvalue weighted by molar-refractivity contribution is 7.90. The highest BCUT2D eigenvalue weighted by Crippen LogP contribution is 2.39. The van der Waals surface area contributed by atoms with Gasteiger partial charge in [0, 0.05) is 35.6 Å². The van der Waals surface area contributed by atoms with Crippen molar-refractivity contribution in [2.45, 2.75) is 11.3 Å². The van der Waals surface area contributed by atoms with Gasteiger partial charge in [-0.25, -0.2) is 27.8 Å². The zero-order valence-electron chi connectivity index (χ0n) is 16.9. The van der Waals surface area contributed by atoms with Gasteiger partial charge in [-0.1, -0.05) is 17.7 Å². The number of rotatable bonds is 3. The van der Waals surface area contributed by atoms with E-state index in [0.29, 0.717) is 29.9 Å². The Hall–Kier alpha value is -3.30. The molecule has 0 spiro atoms. The average molecular weight is 470 g/mol. The maximum atomic E-state index is 13.9. The zero-order chi connectivity index (χ0) is 22.6. The van der Waals surface area contributed by atoms with Crippen molar-refractivity contribution in [1.29, 1.82) is 0 Å². The van der Waals surface area contributed by atoms with Gasteiger partial charge >= 0.3 is 0 Å². The summed E-state index contributed by atoms with van der Waals surface area (Å²) in [6.45, 7) is 0.618. The molecule has 0 aliphatic carbocycles. The molecule has 7 nitrogen and oxygen atoms in total. The first-order valence-electron chi connectivity index (χ1n) is 9.68. The van der Waals surface area contributed by atoms with Crippen molar-refractivity contribution in [3.05, 3.63) is 65.3 Å². The maximum absolute atomic E-state index is 13.9. The van der Waals surface area contributed by atoms with E-state index in [1.54, 1.807) is 6.07 Å². The molecule has 0 unspecified atom stereocenters. The van der Waals surface area contributed by atoms with Crippen molar-refractivity contribution >= 4 is 49.7 Å². The molecule has 2 aromatic carbocycles. The number of benzene rings is 2. The third kappa shape index (κ3) is 3.43. The van der Waals surface area contributed by atoms with Crippen molar-refractivity contribution in [2.75, 3.05) is 23.4 Å². The summed E-state index contributed by atoms with van der Waals surface area (Å²) in [6.07, 6.45) is 4.76. The first kappa shape index (κ1) is 20.6. The Kier molecular flexibility index (Phi) is 4.75. The van der Waals surface area contributed by atoms with Gasteiger partial charge in [0.2, 0.25) is 0 Å². The molecule has 1 aliphatic heterocycles. The first-order chi connectivity index (χ1) is 15.2. The number of nitrogen functional groups attached to an aromatic ring is 1. The van der Waals surface area contributed by atoms with Gasteiger partial charge in [-0.2, -0.15) is 0 Å². The van der Waals surface area contributed by atoms with Gasteiger partial charge in [-0.15, -0.1) is 0 Å². The van der Waals surface area contributed by atoms with Crippen LogP contribution in [0.2, 0.25) is 5.02 Å². The van der Waals surface area contributed by atoms with Crippen molar-refractivity contribution in [1.82, 2.24) is 15.0 Å². The fourth-order valence-corrected chi connectivity index (χ4v) is 4.88. The molecule has 4 aromatic rings. The van der Waals surface area contributed by atoms with Crippen LogP contribution in [-0.4, -0.2) is 36.2 Å². The van der Waals surface area contributed by atoms with E-state index in [0.717, 1.165) is 28.5 Å². The number of anilines is 3. The highest BCUT2D eigenvalue weighted by Gasteiger charge is 2.25. The minimum atomic E-state index is -3.53. The smallest absolute Gasteiger partial charge is 0.179 e. The second-order valence-electron chi connectivity index (χ2n) is 7.61. The van der Waals surface area contributed by atoms with Gasteiger partial charge in [0.1, 0.15) is 28.7 Å². The molecule has 10 heteroatoms. The Morgan fingerprint density at radius 1 is 1.09 bits per heavy atom. The monoisotopic (exact) mass is 469 g/mol. The van der Waals surface area contributed by atoms with Crippen LogP contribution in [0.15, 0.2) is 53.8 Å². The lowest BCUT2D eigenvalue weighted by molar-refractivity contribution is 0.602. The van der Waals surface area contributed by atoms with Crippen LogP contribution in [0.4, 0.5) is 21.7 Å². The summed E-state index contributed by atoms with van der Waals surface area (Å²) in [5.41, 5.74) is 9.48. The number of halogens is 2. The molecule has 5 rings (SSSR count). The zero-order valence-corrected chi connectivity index (χ0v) is 18.5. The molecule has 0 radical (unpaired) electrons. The third-order valence-electron chi connectivity index (χ3n) is 5.50. The number of hydrogen-bond acceptors (Lipinski definition) is 7. The molecule has 0 atom stereocenters. The lowest BCUT2D eigenvalue weighted by atomic mass is 10.0. The molecule has 1 aliphatic rings. The van der Waals surface area contributed by atoms with Gasteiger partial charge in [0.05, 0.1) is 10.5 Å². The van der Waals surface area contributed by atoms with E-state index in [9.17, 15) is 12.8 Å². The van der Waals surface area contributed by atoms with Gasteiger partial charge in [0.25, 0.3) is 0 Å². The average Bonchev–Trinajstić information content (AvgIpc) is 3.15. The SMILES string of the molecule is CS(=O)(=O)c1cc(-c2ccc3ncnc(N4CCc5cc(F)c(Cl)cc54)c3c2)cnc1N. The topological polar surface area (TPSA) is 102 Å². The molecule has 2 aromatic heterocycles. The normalized spacial score (nSPS) is 13.5. The largest absolute Gasteiger partial charge is 0.383 e. The van der Waals surface area contributed by atoms with Crippen LogP contribution in [0.25, 0.3) is 22.0 Å². The summed E-state index contributed by atoms with van der Waals surface area (Å²) in [7, 11) is -3.53. The van der Waals surface area contributed by atoms with Crippen LogP contribution in [0, 0.1) is 5.82 Å². The van der Waals surface area contributed by atoms with Crippen LogP contribution in [-0.2, 0) is 16.3 Å². The Morgan fingerprint density at radius 3 is 2.69 bits per heavy atom. The van der Waals surface area contributed by atoms with Crippen molar-refractivity contribution < 1.29 is 12.8 Å². The van der Waals surface area contributed by atoms with E-state index in [-0.39, 0.29) is 15.7 Å². The standard InChI is InChI=1S/C22H17ClFN5O2S/c1-32(30,31)20-8-14(10-26-21(20)25)12-2-3-18-15(6-12)22(28-11-27-18)29-5-4-13-7-17(24)16(23)9-19(13)29/h2-3,6-11H,4-5H2,1H3,(H2,25,26). The number of sulfone groups is 1. The molecular formula is C22H17ClFN5O2S. The van der Waals surface area contributed by atoms with E-state index >= 15 is 0 Å². The van der Waals surface area contributed by atoms with Crippen molar-refractivity contribution in [3.8, 4) is 11.1 Å². The molecule has 32 heavy (non-hydrogen) atoms. The lowest BCUT2D eigenvalue weighted by Crippen LogP contribution is -2.15. The van der Waals surface area contributed by atoms with Gasteiger partial charge < -0.3 is 10.6 Å². The Bertz CT molecular complexity index is 1510. The number of hydrogen-bond donors (Lipinski definition) is 1. The van der Waals surface area contributed by atoms with Crippen molar-refractivity contribution in [2.24, 2.45) is 0 Å². The van der Waals surface area contributed by atoms with Crippen LogP contribution in [0.1, 0.15) is 5.56 Å². The Morgan fingerprint density at radius 2 is 1.91 bits per heavy atom. The predicted molar refractivity (Wildman–Crippen MR) is 122 cm³/mol. The second kappa shape index (κ2) is 7.39. The molecule has 3 heterocycles. The first-order valence-corrected chi connectivity index (χ1v) is 12.0. The predicted octanol–water partition coefficient (Wildman–Crippen LogP) is 4.16. The molecule has 2 N–H and O–H groups in total. The maximum Gasteiger partial charge on any atom is 0.179 e. The van der Waals surface area contributed by atoms with Gasteiger partial charge in [-0.05, 0) is 47.9 Å². The number of nitrogens with zero attached hydrogens (tertiary/aromatic N) is 4. The quantitative estimate of drug-likeness (QED) is 0.480. The van der Waals surface area contributed by atoms with Crippen molar-refractivity contribution in [3.63, 3.8) is 0 Å². The summed E-state index contributed by atoms with van der Waals surface area (Å²) < 4.78 is 38.0. The van der Waals surface area contributed by atoms with Crippen LogP contribution in [0.5, 0.6) is 0 Å². The highest BCUT2D eigenvalue weighted by atomic mass is 35.5. The number of fused-ring (bicyclic) bond motifs is 2. The van der Waals surface area contributed by atoms with E-state index < -0.39 is 15.7 Å². The minimum absolute atomic E-state index is 0.0234. The molecule has 0 saturated heterocycles. The van der Waals surface area contributed by atoms with Crippen LogP contribution in [0.3, 0.4) is 0 Å². The van der Waals surface area contributed by atoms with E-state index in [1.807, 2.05) is 23.1 Å². The van der Waals surface area contributed by atoms with Gasteiger partial charge in [-0.3, -0.25) is 0 Å². The van der Waals surface area contributed by atoms with Crippen LogP contribution < -0.4 is 10.6 Å². The van der Waals surface area contributed by atoms with E-state index in [4.69, 9.17) is 17.3 Å². The summed E-state index contributed by atoms with van der Waals surface area (Å²) in [6, 6.07) is 10.1. The molecule has 0 bridgehead atoms. The lowest BCUT2D eigenvalue weighted by Gasteiger charge is -2.20. The summed E-state index contributed by atoms with van der Waals surface area (Å²) >= 11 is 6.03. The van der Waals surface area contributed by atoms with E-state index in [1.165, 1.54) is 24.7 Å². The summed E-state index contributed by atoms with van der Waals surface area (Å²) in [5.74, 6) is 0.170. The molecular weight excluding hydrogens is 453 g/mol. The minimum Gasteiger partial charge on any atom is -0.383 e. The third-order valence-corrected chi connectivity index (χ3v) is 6.92. The van der Waals surface area contributed by atoms with E-state index in [2.05, 4.69) is 15.0 Å². The van der Waals surface area contributed by atoms with Gasteiger partial charge in [0.15, 0.2) is 9.84 Å². The molecule has 0 saturated carbocycles. The Balaban J connectivity index is 1.66.